The van der Waals surface area contributed by atoms with Crippen molar-refractivity contribution < 1.29 is 7.58 Å². The molecule has 6 rings (SSSR count). The summed E-state index contributed by atoms with van der Waals surface area (Å²) in [4.78, 5) is 9.71. The fourth-order valence-corrected chi connectivity index (χ4v) is 6.70. The molecule has 37 heavy (non-hydrogen) atoms. The van der Waals surface area contributed by atoms with Crippen molar-refractivity contribution in [3.8, 4) is 16.9 Å². The highest BCUT2D eigenvalue weighted by Gasteiger charge is 2.38. The number of rotatable bonds is 6. The first-order valence-corrected chi connectivity index (χ1v) is 14.5. The van der Waals surface area contributed by atoms with Crippen LogP contribution >= 0.6 is 0 Å². The fourth-order valence-electron chi connectivity index (χ4n) is 4.97. The monoisotopic (exact) mass is 500 g/mol. The summed E-state index contributed by atoms with van der Waals surface area (Å²) in [6.07, 6.45) is 5.98. The first kappa shape index (κ1) is 23.7. The molecule has 5 heteroatoms. The quantitative estimate of drug-likeness (QED) is 0.339. The van der Waals surface area contributed by atoms with Crippen LogP contribution in [0.5, 0.6) is 5.75 Å². The molecule has 0 fully saturated rings. The number of benzene rings is 3. The molecule has 0 atom stereocenters. The van der Waals surface area contributed by atoms with Gasteiger partial charge in [0.15, 0.2) is 0 Å². The van der Waals surface area contributed by atoms with Crippen molar-refractivity contribution in [2.75, 3.05) is 0 Å². The Kier molecular flexibility index (Phi) is 6.66. The normalized spacial score (nSPS) is 14.1. The van der Waals surface area contributed by atoms with Crippen LogP contribution in [0.4, 0.5) is 5.69 Å². The van der Waals surface area contributed by atoms with Gasteiger partial charge in [-0.25, -0.2) is 4.98 Å². The van der Waals surface area contributed by atoms with E-state index < -0.39 is 14.8 Å². The minimum atomic E-state index is -2.41. The van der Waals surface area contributed by atoms with Crippen molar-refractivity contribution in [3.05, 3.63) is 107 Å². The summed E-state index contributed by atoms with van der Waals surface area (Å²) in [5, 5.41) is 2.08. The number of nitrogens with zero attached hydrogens (tertiary/aromatic N) is 2. The molecular formula is C32H29AlN2O2. The highest BCUT2D eigenvalue weighted by Crippen LogP contribution is 2.36. The highest BCUT2D eigenvalue weighted by atomic mass is 27.2. The lowest BCUT2D eigenvalue weighted by atomic mass is 10.0. The molecule has 2 aliphatic rings. The van der Waals surface area contributed by atoms with Crippen molar-refractivity contribution >= 4 is 42.5 Å². The molecule has 0 bridgehead atoms. The van der Waals surface area contributed by atoms with E-state index in [4.69, 9.17) is 17.6 Å². The lowest BCUT2D eigenvalue weighted by Gasteiger charge is -2.23. The summed E-state index contributed by atoms with van der Waals surface area (Å²) >= 11 is -2.41. The molecule has 4 nitrogen and oxygen atoms in total. The minimum Gasteiger partial charge on any atom is -0.610 e. The van der Waals surface area contributed by atoms with E-state index in [-0.39, 0.29) is 0 Å². The van der Waals surface area contributed by atoms with Gasteiger partial charge < -0.3 is 7.58 Å². The Hall–Kier alpha value is -3.65. The van der Waals surface area contributed by atoms with Crippen LogP contribution in [0, 0.1) is 6.92 Å². The Balaban J connectivity index is 1.41. The Morgan fingerprint density at radius 3 is 2.38 bits per heavy atom. The van der Waals surface area contributed by atoms with Crippen LogP contribution in [0.15, 0.2) is 89.9 Å². The van der Waals surface area contributed by atoms with Crippen molar-refractivity contribution in [1.29, 1.82) is 0 Å². The number of hydrogen-bond acceptors (Lipinski definition) is 4. The zero-order chi connectivity index (χ0) is 25.2. The molecule has 0 radical (unpaired) electrons. The molecule has 1 aliphatic heterocycles. The van der Waals surface area contributed by atoms with E-state index >= 15 is 0 Å². The molecule has 1 aromatic heterocycles. The molecule has 2 heterocycles. The molecule has 4 aromatic rings. The van der Waals surface area contributed by atoms with Gasteiger partial charge in [-0.1, -0.05) is 78.9 Å². The predicted octanol–water partition coefficient (Wildman–Crippen LogP) is 5.27. The summed E-state index contributed by atoms with van der Waals surface area (Å²) in [5.74, 6) is 1.73. The number of aromatic nitrogens is 1. The SMILES string of the molecule is CC1=Nc2c(cccc2[O][Al]([O]C2=c3nc(C)ccc3=CCC2)[c]2ccc(-c3ccccc3)cc2)CC1. The van der Waals surface area contributed by atoms with E-state index in [1.807, 2.05) is 19.1 Å². The predicted molar refractivity (Wildman–Crippen MR) is 152 cm³/mol. The standard InChI is InChI=1S/C12H9.2C10H11NO.Al/c1-3-7-11(8-4-1)12-9-5-2-6-10-12;2*1-7-5-6-8-3-2-4-9(12)10(8)11-7;/h1,3-10H;3,5-6,12H,2,4H2,1H3;2-4,12H,5-6H2,1H3;/q;;;+2/p-2. The molecule has 0 unspecified atom stereocenters. The maximum Gasteiger partial charge on any atom is 0.901 e. The number of pyridine rings is 1. The number of fused-ring (bicyclic) bond motifs is 2. The Morgan fingerprint density at radius 1 is 0.730 bits per heavy atom. The molecular weight excluding hydrogens is 471 g/mol. The van der Waals surface area contributed by atoms with E-state index in [2.05, 4.69) is 85.8 Å². The summed E-state index contributed by atoms with van der Waals surface area (Å²) in [6.45, 7) is 4.11. The summed E-state index contributed by atoms with van der Waals surface area (Å²) < 4.78 is 14.7. The van der Waals surface area contributed by atoms with E-state index in [1.54, 1.807) is 0 Å². The topological polar surface area (TPSA) is 43.7 Å². The minimum absolute atomic E-state index is 0.806. The van der Waals surface area contributed by atoms with Gasteiger partial charge in [-0.15, -0.1) is 0 Å². The van der Waals surface area contributed by atoms with Gasteiger partial charge in [0, 0.05) is 17.8 Å². The van der Waals surface area contributed by atoms with Crippen molar-refractivity contribution in [1.82, 2.24) is 4.98 Å². The smallest absolute Gasteiger partial charge is 0.610 e. The van der Waals surface area contributed by atoms with Crippen LogP contribution < -0.4 is 18.8 Å². The molecule has 0 saturated heterocycles. The second kappa shape index (κ2) is 10.4. The molecule has 3 aromatic carbocycles. The van der Waals surface area contributed by atoms with Crippen LogP contribution in [0.3, 0.4) is 0 Å². The van der Waals surface area contributed by atoms with Crippen LogP contribution in [0.25, 0.3) is 23.0 Å². The molecule has 0 amide bonds. The van der Waals surface area contributed by atoms with E-state index in [9.17, 15) is 0 Å². The van der Waals surface area contributed by atoms with E-state index in [0.29, 0.717) is 0 Å². The second-order valence-electron chi connectivity index (χ2n) is 9.72. The van der Waals surface area contributed by atoms with Crippen molar-refractivity contribution in [3.63, 3.8) is 0 Å². The highest BCUT2D eigenvalue weighted by molar-refractivity contribution is 6.62. The fraction of sp³-hybridized carbons (Fsp3) is 0.188. The molecule has 0 saturated carbocycles. The van der Waals surface area contributed by atoms with Gasteiger partial charge in [-0.05, 0) is 71.6 Å². The Bertz CT molecular complexity index is 1590. The maximum atomic E-state index is 6.83. The Morgan fingerprint density at radius 2 is 1.54 bits per heavy atom. The lowest BCUT2D eigenvalue weighted by Crippen LogP contribution is -2.43. The molecule has 1 aliphatic carbocycles. The van der Waals surface area contributed by atoms with E-state index in [0.717, 1.165) is 69.3 Å². The third kappa shape index (κ3) is 5.11. The van der Waals surface area contributed by atoms with Gasteiger partial charge in [0.05, 0.1) is 5.76 Å². The summed E-state index contributed by atoms with van der Waals surface area (Å²) in [6, 6.07) is 29.5. The number of aliphatic imine (C=N–C) groups is 1. The van der Waals surface area contributed by atoms with Crippen molar-refractivity contribution in [2.45, 2.75) is 39.5 Å². The number of aryl methyl sites for hydroxylation is 2. The number of para-hydroxylation sites is 1. The van der Waals surface area contributed by atoms with Gasteiger partial charge in [-0.3, -0.25) is 4.99 Å². The lowest BCUT2D eigenvalue weighted by molar-refractivity contribution is 0.397. The third-order valence-corrected chi connectivity index (χ3v) is 8.88. The number of hydrogen-bond donors (Lipinski definition) is 0. The molecule has 0 N–H and O–H groups in total. The summed E-state index contributed by atoms with van der Waals surface area (Å²) in [7, 11) is 0. The second-order valence-corrected chi connectivity index (χ2v) is 11.5. The van der Waals surface area contributed by atoms with Gasteiger partial charge in [0.25, 0.3) is 0 Å². The van der Waals surface area contributed by atoms with Crippen LogP contribution in [0.1, 0.15) is 37.4 Å². The maximum absolute atomic E-state index is 6.83. The summed E-state index contributed by atoms with van der Waals surface area (Å²) in [5.41, 5.74) is 6.69. The molecule has 0 spiro atoms. The van der Waals surface area contributed by atoms with E-state index in [1.165, 1.54) is 16.7 Å². The first-order valence-electron chi connectivity index (χ1n) is 13.0. The third-order valence-electron chi connectivity index (χ3n) is 6.98. The average molecular weight is 501 g/mol. The van der Waals surface area contributed by atoms with Crippen LogP contribution in [-0.2, 0) is 10.2 Å². The zero-order valence-corrected chi connectivity index (χ0v) is 22.4. The first-order chi connectivity index (χ1) is 18.1. The van der Waals surface area contributed by atoms with Crippen LogP contribution in [-0.4, -0.2) is 25.5 Å². The zero-order valence-electron chi connectivity index (χ0n) is 21.3. The average Bonchev–Trinajstić information content (AvgIpc) is 2.94. The molecule has 182 valence electrons. The van der Waals surface area contributed by atoms with Gasteiger partial charge in [0.1, 0.15) is 16.8 Å². The Labute approximate surface area is 222 Å². The van der Waals surface area contributed by atoms with Gasteiger partial charge >= 0.3 is 14.8 Å². The van der Waals surface area contributed by atoms with Crippen molar-refractivity contribution in [2.24, 2.45) is 4.99 Å². The van der Waals surface area contributed by atoms with Gasteiger partial charge in [0.2, 0.25) is 0 Å². The van der Waals surface area contributed by atoms with Crippen LogP contribution in [0.2, 0.25) is 0 Å². The van der Waals surface area contributed by atoms with Gasteiger partial charge in [-0.2, -0.15) is 0 Å². The largest absolute Gasteiger partial charge is 0.901 e.